The molecule has 1 atom stereocenters. The van der Waals surface area contributed by atoms with Gasteiger partial charge in [-0.1, -0.05) is 13.8 Å². The van der Waals surface area contributed by atoms with Gasteiger partial charge < -0.3 is 5.11 Å². The van der Waals surface area contributed by atoms with Crippen LogP contribution in [0.25, 0.3) is 0 Å². The SMILES string of the molecule is CCc1cc(C)nc(C(CC)CO)n1. The second-order valence-electron chi connectivity index (χ2n) is 3.50. The highest BCUT2D eigenvalue weighted by Crippen LogP contribution is 2.15. The molecule has 1 heterocycles. The summed E-state index contributed by atoms with van der Waals surface area (Å²) in [4.78, 5) is 8.78. The molecule has 0 spiro atoms. The molecular weight excluding hydrogens is 176 g/mol. The van der Waals surface area contributed by atoms with Crippen molar-refractivity contribution in [3.05, 3.63) is 23.3 Å². The van der Waals surface area contributed by atoms with E-state index in [4.69, 9.17) is 5.11 Å². The second kappa shape index (κ2) is 5.05. The Labute approximate surface area is 85.2 Å². The molecule has 1 aromatic heterocycles. The zero-order valence-corrected chi connectivity index (χ0v) is 9.12. The van der Waals surface area contributed by atoms with Gasteiger partial charge in [0.05, 0.1) is 6.61 Å². The van der Waals surface area contributed by atoms with Crippen LogP contribution in [0.2, 0.25) is 0 Å². The van der Waals surface area contributed by atoms with Crippen molar-refractivity contribution in [2.45, 2.75) is 39.5 Å². The molecule has 1 rings (SSSR count). The van der Waals surface area contributed by atoms with Gasteiger partial charge >= 0.3 is 0 Å². The molecule has 0 saturated carbocycles. The predicted molar refractivity (Wildman–Crippen MR) is 56.3 cm³/mol. The summed E-state index contributed by atoms with van der Waals surface area (Å²) < 4.78 is 0. The molecule has 3 heteroatoms. The van der Waals surface area contributed by atoms with Crippen molar-refractivity contribution < 1.29 is 5.11 Å². The molecule has 1 aromatic rings. The van der Waals surface area contributed by atoms with Crippen LogP contribution in [-0.2, 0) is 6.42 Å². The largest absolute Gasteiger partial charge is 0.396 e. The Balaban J connectivity index is 3.01. The van der Waals surface area contributed by atoms with E-state index in [1.54, 1.807) is 0 Å². The van der Waals surface area contributed by atoms with Gasteiger partial charge in [0.2, 0.25) is 0 Å². The van der Waals surface area contributed by atoms with Crippen molar-refractivity contribution >= 4 is 0 Å². The zero-order valence-electron chi connectivity index (χ0n) is 9.12. The number of aliphatic hydroxyl groups is 1. The van der Waals surface area contributed by atoms with Crippen molar-refractivity contribution in [1.82, 2.24) is 9.97 Å². The van der Waals surface area contributed by atoms with E-state index < -0.39 is 0 Å². The zero-order chi connectivity index (χ0) is 10.6. The number of rotatable bonds is 4. The first-order valence-electron chi connectivity index (χ1n) is 5.16. The lowest BCUT2D eigenvalue weighted by molar-refractivity contribution is 0.257. The number of aromatic nitrogens is 2. The van der Waals surface area contributed by atoms with Crippen LogP contribution in [0.15, 0.2) is 6.07 Å². The quantitative estimate of drug-likeness (QED) is 0.795. The number of nitrogens with zero attached hydrogens (tertiary/aromatic N) is 2. The normalized spacial score (nSPS) is 12.9. The second-order valence-corrected chi connectivity index (χ2v) is 3.50. The lowest BCUT2D eigenvalue weighted by atomic mass is 10.1. The smallest absolute Gasteiger partial charge is 0.134 e. The first-order valence-corrected chi connectivity index (χ1v) is 5.16. The van der Waals surface area contributed by atoms with Crippen molar-refractivity contribution in [2.24, 2.45) is 0 Å². The Kier molecular flexibility index (Phi) is 4.01. The summed E-state index contributed by atoms with van der Waals surface area (Å²) in [6.07, 6.45) is 1.79. The summed E-state index contributed by atoms with van der Waals surface area (Å²) in [5.74, 6) is 0.868. The molecule has 0 radical (unpaired) electrons. The van der Waals surface area contributed by atoms with Gasteiger partial charge in [0.25, 0.3) is 0 Å². The van der Waals surface area contributed by atoms with Crippen molar-refractivity contribution in [3.63, 3.8) is 0 Å². The van der Waals surface area contributed by atoms with Crippen molar-refractivity contribution in [1.29, 1.82) is 0 Å². The molecule has 0 aliphatic heterocycles. The van der Waals surface area contributed by atoms with E-state index in [0.29, 0.717) is 0 Å². The van der Waals surface area contributed by atoms with E-state index in [9.17, 15) is 0 Å². The summed E-state index contributed by atoms with van der Waals surface area (Å²) in [6, 6.07) is 1.99. The minimum absolute atomic E-state index is 0.0835. The van der Waals surface area contributed by atoms with E-state index in [1.165, 1.54) is 0 Å². The summed E-state index contributed by atoms with van der Waals surface area (Å²) in [5.41, 5.74) is 2.04. The van der Waals surface area contributed by atoms with E-state index in [2.05, 4.69) is 16.9 Å². The van der Waals surface area contributed by atoms with E-state index in [1.807, 2.05) is 19.9 Å². The van der Waals surface area contributed by atoms with E-state index >= 15 is 0 Å². The highest BCUT2D eigenvalue weighted by molar-refractivity contribution is 5.12. The highest BCUT2D eigenvalue weighted by Gasteiger charge is 2.12. The molecule has 3 nitrogen and oxygen atoms in total. The molecular formula is C11H18N2O. The Hall–Kier alpha value is -0.960. The third kappa shape index (κ3) is 2.51. The Morgan fingerprint density at radius 1 is 1.36 bits per heavy atom. The summed E-state index contributed by atoms with van der Waals surface area (Å²) in [7, 11) is 0. The third-order valence-electron chi connectivity index (χ3n) is 2.37. The molecule has 78 valence electrons. The number of hydrogen-bond acceptors (Lipinski definition) is 3. The van der Waals surface area contributed by atoms with Crippen LogP contribution in [-0.4, -0.2) is 21.7 Å². The molecule has 0 aliphatic carbocycles. The molecule has 14 heavy (non-hydrogen) atoms. The fourth-order valence-corrected chi connectivity index (χ4v) is 1.42. The predicted octanol–water partition coefficient (Wildman–Crippen LogP) is 1.83. The van der Waals surface area contributed by atoms with Crippen LogP contribution in [0.5, 0.6) is 0 Å². The van der Waals surface area contributed by atoms with Gasteiger partial charge in [0.15, 0.2) is 0 Å². The average Bonchev–Trinajstić information content (AvgIpc) is 2.19. The van der Waals surface area contributed by atoms with Gasteiger partial charge in [-0.05, 0) is 25.8 Å². The Bertz CT molecular complexity index is 295. The molecule has 0 amide bonds. The number of aryl methyl sites for hydroxylation is 2. The van der Waals surface area contributed by atoms with Gasteiger partial charge in [-0.2, -0.15) is 0 Å². The molecule has 0 bridgehead atoms. The fourth-order valence-electron chi connectivity index (χ4n) is 1.42. The molecule has 0 saturated heterocycles. The number of hydrogen-bond donors (Lipinski definition) is 1. The van der Waals surface area contributed by atoms with Crippen LogP contribution in [0.1, 0.15) is 43.4 Å². The molecule has 1 unspecified atom stereocenters. The van der Waals surface area contributed by atoms with Crippen molar-refractivity contribution in [2.75, 3.05) is 6.61 Å². The fraction of sp³-hybridized carbons (Fsp3) is 0.636. The molecule has 0 aromatic carbocycles. The minimum Gasteiger partial charge on any atom is -0.396 e. The summed E-state index contributed by atoms with van der Waals surface area (Å²) >= 11 is 0. The first kappa shape index (κ1) is 11.1. The van der Waals surface area contributed by atoms with Crippen LogP contribution < -0.4 is 0 Å². The molecule has 1 N–H and O–H groups in total. The highest BCUT2D eigenvalue weighted by atomic mass is 16.3. The minimum atomic E-state index is 0.0835. The van der Waals surface area contributed by atoms with Crippen LogP contribution >= 0.6 is 0 Å². The average molecular weight is 194 g/mol. The lowest BCUT2D eigenvalue weighted by Gasteiger charge is -2.11. The van der Waals surface area contributed by atoms with Gasteiger partial charge in [-0.15, -0.1) is 0 Å². The van der Waals surface area contributed by atoms with Gasteiger partial charge in [-0.25, -0.2) is 9.97 Å². The van der Waals surface area contributed by atoms with E-state index in [0.717, 1.165) is 30.1 Å². The van der Waals surface area contributed by atoms with Crippen molar-refractivity contribution in [3.8, 4) is 0 Å². The lowest BCUT2D eigenvalue weighted by Crippen LogP contribution is -2.10. The standard InChI is InChI=1S/C11H18N2O/c1-4-9(7-14)11-12-8(3)6-10(5-2)13-11/h6,9,14H,4-5,7H2,1-3H3. The van der Waals surface area contributed by atoms with Crippen LogP contribution in [0, 0.1) is 6.92 Å². The van der Waals surface area contributed by atoms with Gasteiger partial charge in [0.1, 0.15) is 5.82 Å². The maximum atomic E-state index is 9.15. The van der Waals surface area contributed by atoms with Gasteiger partial charge in [0, 0.05) is 17.3 Å². The monoisotopic (exact) mass is 194 g/mol. The summed E-state index contributed by atoms with van der Waals surface area (Å²) in [5, 5.41) is 9.15. The number of aliphatic hydroxyl groups excluding tert-OH is 1. The Morgan fingerprint density at radius 2 is 2.07 bits per heavy atom. The van der Waals surface area contributed by atoms with E-state index in [-0.39, 0.29) is 12.5 Å². The molecule has 0 aliphatic rings. The third-order valence-corrected chi connectivity index (χ3v) is 2.37. The first-order chi connectivity index (χ1) is 6.71. The van der Waals surface area contributed by atoms with Gasteiger partial charge in [-0.3, -0.25) is 0 Å². The van der Waals surface area contributed by atoms with Crippen LogP contribution in [0.3, 0.4) is 0 Å². The van der Waals surface area contributed by atoms with Crippen LogP contribution in [0.4, 0.5) is 0 Å². The topological polar surface area (TPSA) is 46.0 Å². The maximum absolute atomic E-state index is 9.15. The Morgan fingerprint density at radius 3 is 2.57 bits per heavy atom. The summed E-state index contributed by atoms with van der Waals surface area (Å²) in [6.45, 7) is 6.21. The molecule has 0 fully saturated rings. The maximum Gasteiger partial charge on any atom is 0.134 e.